The van der Waals surface area contributed by atoms with Gasteiger partial charge in [-0.15, -0.1) is 0 Å². The molecular formula is C10H6BrN5O3. The number of nitrogens with zero attached hydrogens (tertiary/aromatic N) is 4. The van der Waals surface area contributed by atoms with E-state index in [4.69, 9.17) is 0 Å². The van der Waals surface area contributed by atoms with Crippen molar-refractivity contribution in [3.63, 3.8) is 0 Å². The third kappa shape index (κ3) is 3.07. The summed E-state index contributed by atoms with van der Waals surface area (Å²) in [5.74, 6) is -0.871. The molecule has 19 heavy (non-hydrogen) atoms. The second kappa shape index (κ2) is 5.48. The molecule has 0 saturated carbocycles. The van der Waals surface area contributed by atoms with Gasteiger partial charge in [0.2, 0.25) is 5.95 Å². The smallest absolute Gasteiger partial charge is 0.358 e. The van der Waals surface area contributed by atoms with E-state index >= 15 is 0 Å². The molecule has 9 heteroatoms. The fourth-order valence-corrected chi connectivity index (χ4v) is 1.63. The topological polar surface area (TPSA) is 111 Å². The Morgan fingerprint density at radius 1 is 1.32 bits per heavy atom. The highest BCUT2D eigenvalue weighted by Gasteiger charge is 2.18. The van der Waals surface area contributed by atoms with Gasteiger partial charge >= 0.3 is 5.82 Å². The molecule has 0 spiro atoms. The predicted octanol–water partition coefficient (Wildman–Crippen LogP) is 1.79. The van der Waals surface area contributed by atoms with Gasteiger partial charge in [0.1, 0.15) is 0 Å². The SMILES string of the molecule is O=C(Nc1ncccn1)c1cc([N+](=O)[O-])ncc1Br. The molecule has 2 heterocycles. The summed E-state index contributed by atoms with van der Waals surface area (Å²) >= 11 is 3.11. The predicted molar refractivity (Wildman–Crippen MR) is 68.6 cm³/mol. The normalized spacial score (nSPS) is 9.95. The van der Waals surface area contributed by atoms with Crippen LogP contribution in [0.4, 0.5) is 11.8 Å². The lowest BCUT2D eigenvalue weighted by atomic mass is 10.2. The van der Waals surface area contributed by atoms with E-state index in [1.54, 1.807) is 6.07 Å². The van der Waals surface area contributed by atoms with Gasteiger partial charge in [0.25, 0.3) is 5.91 Å². The quantitative estimate of drug-likeness (QED) is 0.681. The fourth-order valence-electron chi connectivity index (χ4n) is 1.23. The van der Waals surface area contributed by atoms with Crippen LogP contribution in [0.5, 0.6) is 0 Å². The van der Waals surface area contributed by atoms with Gasteiger partial charge in [-0.2, -0.15) is 0 Å². The monoisotopic (exact) mass is 323 g/mol. The van der Waals surface area contributed by atoms with Gasteiger partial charge in [-0.3, -0.25) is 10.1 Å². The first-order chi connectivity index (χ1) is 9.08. The molecule has 1 N–H and O–H groups in total. The number of rotatable bonds is 3. The van der Waals surface area contributed by atoms with Gasteiger partial charge in [-0.1, -0.05) is 0 Å². The first-order valence-corrected chi connectivity index (χ1v) is 5.75. The number of halogens is 1. The molecule has 8 nitrogen and oxygen atoms in total. The van der Waals surface area contributed by atoms with Crippen LogP contribution < -0.4 is 5.32 Å². The Hall–Kier alpha value is -2.42. The Kier molecular flexibility index (Phi) is 3.76. The van der Waals surface area contributed by atoms with Crippen LogP contribution in [0.2, 0.25) is 0 Å². The first kappa shape index (κ1) is 13.0. The van der Waals surface area contributed by atoms with E-state index in [1.165, 1.54) is 18.6 Å². The minimum Gasteiger partial charge on any atom is -0.358 e. The number of amides is 1. The summed E-state index contributed by atoms with van der Waals surface area (Å²) in [5.41, 5.74) is 0.0779. The minimum absolute atomic E-state index is 0.0779. The van der Waals surface area contributed by atoms with Gasteiger partial charge in [-0.25, -0.2) is 9.97 Å². The number of hydrogen-bond acceptors (Lipinski definition) is 6. The average molecular weight is 324 g/mol. The van der Waals surface area contributed by atoms with E-state index in [9.17, 15) is 14.9 Å². The molecule has 0 aliphatic rings. The number of nitro groups is 1. The molecule has 1 amide bonds. The minimum atomic E-state index is -0.678. The van der Waals surface area contributed by atoms with Crippen LogP contribution in [0.3, 0.4) is 0 Å². The van der Waals surface area contributed by atoms with Crippen molar-refractivity contribution in [3.8, 4) is 0 Å². The molecule has 0 radical (unpaired) electrons. The van der Waals surface area contributed by atoms with Crippen LogP contribution in [-0.2, 0) is 0 Å². The standard InChI is InChI=1S/C10H6BrN5O3/c11-7-5-14-8(16(18)19)4-6(7)9(17)15-10-12-2-1-3-13-10/h1-5H,(H,12,13,15,17). The first-order valence-electron chi connectivity index (χ1n) is 4.96. The van der Waals surface area contributed by atoms with E-state index in [1.807, 2.05) is 0 Å². The second-order valence-electron chi connectivity index (χ2n) is 3.31. The Morgan fingerprint density at radius 3 is 2.63 bits per heavy atom. The lowest BCUT2D eigenvalue weighted by Crippen LogP contribution is -2.15. The summed E-state index contributed by atoms with van der Waals surface area (Å²) in [5, 5.41) is 13.0. The zero-order valence-corrected chi connectivity index (χ0v) is 10.9. The molecule has 0 atom stereocenters. The number of pyridine rings is 1. The highest BCUT2D eigenvalue weighted by Crippen LogP contribution is 2.20. The van der Waals surface area contributed by atoms with Gasteiger partial charge in [0, 0.05) is 18.5 Å². The van der Waals surface area contributed by atoms with Crippen molar-refractivity contribution in [1.82, 2.24) is 15.0 Å². The van der Waals surface area contributed by atoms with Crippen molar-refractivity contribution in [1.29, 1.82) is 0 Å². The maximum Gasteiger partial charge on any atom is 0.364 e. The van der Waals surface area contributed by atoms with Crippen molar-refractivity contribution in [2.75, 3.05) is 5.32 Å². The molecule has 2 rings (SSSR count). The molecule has 96 valence electrons. The number of aromatic nitrogens is 3. The summed E-state index contributed by atoms with van der Waals surface area (Å²) < 4.78 is 0.339. The molecule has 0 unspecified atom stereocenters. The average Bonchev–Trinajstić information content (AvgIpc) is 2.40. The molecular weight excluding hydrogens is 318 g/mol. The number of nitrogens with one attached hydrogen (secondary N) is 1. The zero-order valence-electron chi connectivity index (χ0n) is 9.28. The van der Waals surface area contributed by atoms with Gasteiger partial charge in [0.05, 0.1) is 10.0 Å². The molecule has 0 bridgehead atoms. The van der Waals surface area contributed by atoms with Crippen molar-refractivity contribution >= 4 is 33.6 Å². The Morgan fingerprint density at radius 2 is 2.00 bits per heavy atom. The van der Waals surface area contributed by atoms with Gasteiger partial charge in [0.15, 0.2) is 6.20 Å². The largest absolute Gasteiger partial charge is 0.364 e. The maximum atomic E-state index is 11.9. The van der Waals surface area contributed by atoms with E-state index in [0.29, 0.717) is 4.47 Å². The number of carbonyl (C=O) groups excluding carboxylic acids is 1. The van der Waals surface area contributed by atoms with E-state index in [2.05, 4.69) is 36.2 Å². The van der Waals surface area contributed by atoms with Crippen LogP contribution in [-0.4, -0.2) is 25.8 Å². The van der Waals surface area contributed by atoms with Crippen molar-refractivity contribution in [2.45, 2.75) is 0 Å². The summed E-state index contributed by atoms with van der Waals surface area (Å²) in [6, 6.07) is 2.67. The van der Waals surface area contributed by atoms with E-state index in [0.717, 1.165) is 6.07 Å². The van der Waals surface area contributed by atoms with Crippen LogP contribution in [0.25, 0.3) is 0 Å². The Balaban J connectivity index is 2.28. The molecule has 0 aromatic carbocycles. The molecule has 0 saturated heterocycles. The lowest BCUT2D eigenvalue weighted by molar-refractivity contribution is -0.389. The van der Waals surface area contributed by atoms with Gasteiger partial charge < -0.3 is 10.1 Å². The van der Waals surface area contributed by atoms with Crippen LogP contribution in [0.15, 0.2) is 35.2 Å². The third-order valence-corrected chi connectivity index (χ3v) is 2.70. The maximum absolute atomic E-state index is 11.9. The van der Waals surface area contributed by atoms with Crippen molar-refractivity contribution in [2.24, 2.45) is 0 Å². The highest BCUT2D eigenvalue weighted by atomic mass is 79.9. The van der Waals surface area contributed by atoms with Crippen LogP contribution in [0, 0.1) is 10.1 Å². The van der Waals surface area contributed by atoms with Crippen LogP contribution in [0.1, 0.15) is 10.4 Å². The van der Waals surface area contributed by atoms with E-state index < -0.39 is 16.6 Å². The summed E-state index contributed by atoms with van der Waals surface area (Å²) in [6.07, 6.45) is 4.12. The fraction of sp³-hybridized carbons (Fsp3) is 0. The molecule has 2 aromatic rings. The van der Waals surface area contributed by atoms with Crippen molar-refractivity contribution in [3.05, 3.63) is 50.9 Å². The van der Waals surface area contributed by atoms with Gasteiger partial charge in [-0.05, 0) is 31.9 Å². The Bertz CT molecular complexity index is 634. The number of anilines is 1. The lowest BCUT2D eigenvalue weighted by Gasteiger charge is -2.04. The van der Waals surface area contributed by atoms with E-state index in [-0.39, 0.29) is 11.5 Å². The highest BCUT2D eigenvalue weighted by molar-refractivity contribution is 9.10. The molecule has 0 aliphatic carbocycles. The molecule has 2 aromatic heterocycles. The summed E-state index contributed by atoms with van der Waals surface area (Å²) in [6.45, 7) is 0. The summed E-state index contributed by atoms with van der Waals surface area (Å²) in [7, 11) is 0. The molecule has 0 aliphatic heterocycles. The van der Waals surface area contributed by atoms with Crippen LogP contribution >= 0.6 is 15.9 Å². The number of carbonyl (C=O) groups is 1. The zero-order chi connectivity index (χ0) is 13.8. The Labute approximate surface area is 115 Å². The number of hydrogen-bond donors (Lipinski definition) is 1. The molecule has 0 fully saturated rings. The van der Waals surface area contributed by atoms with Crippen molar-refractivity contribution < 1.29 is 9.72 Å². The summed E-state index contributed by atoms with van der Waals surface area (Å²) in [4.78, 5) is 33.1. The second-order valence-corrected chi connectivity index (χ2v) is 4.16. The third-order valence-electron chi connectivity index (χ3n) is 2.06.